The van der Waals surface area contributed by atoms with Crippen molar-refractivity contribution < 1.29 is 9.15 Å². The molecular weight excluding hydrogens is 303 g/mol. The summed E-state index contributed by atoms with van der Waals surface area (Å²) in [5.41, 5.74) is 1.54. The first-order valence-electron chi connectivity index (χ1n) is 5.05. The Morgan fingerprint density at radius 1 is 1.24 bits per heavy atom. The average molecular weight is 312 g/mol. The molecule has 3 aromatic rings. The zero-order valence-electron chi connectivity index (χ0n) is 8.96. The van der Waals surface area contributed by atoms with E-state index < -0.39 is 0 Å². The Balaban J connectivity index is 2.56. The molecule has 0 spiro atoms. The van der Waals surface area contributed by atoms with Gasteiger partial charge in [0.1, 0.15) is 11.3 Å². The van der Waals surface area contributed by atoms with Crippen molar-refractivity contribution >= 4 is 49.5 Å². The van der Waals surface area contributed by atoms with Gasteiger partial charge >= 0.3 is 0 Å². The second-order valence-corrected chi connectivity index (χ2v) is 4.87. The van der Waals surface area contributed by atoms with Gasteiger partial charge in [0.2, 0.25) is 0 Å². The number of furan rings is 1. The SMILES string of the molecule is COc1cccc2oc3c(Br)c(Cl)ccc3c12. The van der Waals surface area contributed by atoms with E-state index in [4.69, 9.17) is 20.8 Å². The molecule has 0 fully saturated rings. The molecule has 0 radical (unpaired) electrons. The van der Waals surface area contributed by atoms with Crippen molar-refractivity contribution in [1.82, 2.24) is 0 Å². The van der Waals surface area contributed by atoms with Gasteiger partial charge in [-0.2, -0.15) is 0 Å². The Labute approximate surface area is 111 Å². The van der Waals surface area contributed by atoms with Crippen LogP contribution in [-0.2, 0) is 0 Å². The second-order valence-electron chi connectivity index (χ2n) is 3.67. The van der Waals surface area contributed by atoms with Gasteiger partial charge in [-0.25, -0.2) is 0 Å². The molecule has 0 saturated heterocycles. The van der Waals surface area contributed by atoms with Crippen LogP contribution in [0.15, 0.2) is 39.2 Å². The summed E-state index contributed by atoms with van der Waals surface area (Å²) in [6.45, 7) is 0. The van der Waals surface area contributed by atoms with Crippen LogP contribution in [0.4, 0.5) is 0 Å². The van der Waals surface area contributed by atoms with Gasteiger partial charge in [-0.3, -0.25) is 0 Å². The molecule has 4 heteroatoms. The zero-order chi connectivity index (χ0) is 12.0. The number of hydrogen-bond acceptors (Lipinski definition) is 2. The summed E-state index contributed by atoms with van der Waals surface area (Å²) in [5, 5.41) is 2.60. The summed E-state index contributed by atoms with van der Waals surface area (Å²) >= 11 is 9.49. The molecule has 0 aliphatic carbocycles. The van der Waals surface area contributed by atoms with E-state index in [-0.39, 0.29) is 0 Å². The van der Waals surface area contributed by atoms with E-state index in [1.165, 1.54) is 0 Å². The van der Waals surface area contributed by atoms with Gasteiger partial charge in [0.05, 0.1) is 22.0 Å². The first-order valence-corrected chi connectivity index (χ1v) is 6.22. The molecule has 0 aliphatic rings. The maximum atomic E-state index is 6.05. The third-order valence-corrected chi connectivity index (χ3v) is 4.07. The summed E-state index contributed by atoms with van der Waals surface area (Å²) in [4.78, 5) is 0. The topological polar surface area (TPSA) is 22.4 Å². The van der Waals surface area contributed by atoms with Crippen LogP contribution in [0.25, 0.3) is 21.9 Å². The van der Waals surface area contributed by atoms with Crippen molar-refractivity contribution in [2.75, 3.05) is 7.11 Å². The van der Waals surface area contributed by atoms with E-state index in [0.29, 0.717) is 5.02 Å². The highest BCUT2D eigenvalue weighted by Gasteiger charge is 2.14. The predicted octanol–water partition coefficient (Wildman–Crippen LogP) is 5.01. The van der Waals surface area contributed by atoms with Crippen molar-refractivity contribution in [2.24, 2.45) is 0 Å². The first kappa shape index (κ1) is 10.9. The van der Waals surface area contributed by atoms with E-state index in [0.717, 1.165) is 32.2 Å². The fraction of sp³-hybridized carbons (Fsp3) is 0.0769. The normalized spacial score (nSPS) is 11.2. The summed E-state index contributed by atoms with van der Waals surface area (Å²) < 4.78 is 11.9. The van der Waals surface area contributed by atoms with Crippen molar-refractivity contribution in [2.45, 2.75) is 0 Å². The maximum Gasteiger partial charge on any atom is 0.151 e. The largest absolute Gasteiger partial charge is 0.496 e. The van der Waals surface area contributed by atoms with Gasteiger partial charge in [-0.15, -0.1) is 0 Å². The number of ether oxygens (including phenoxy) is 1. The molecule has 2 aromatic carbocycles. The van der Waals surface area contributed by atoms with Crippen LogP contribution in [0.2, 0.25) is 5.02 Å². The zero-order valence-corrected chi connectivity index (χ0v) is 11.3. The molecule has 86 valence electrons. The van der Waals surface area contributed by atoms with Crippen LogP contribution < -0.4 is 4.74 Å². The Hall–Kier alpha value is -1.19. The number of methoxy groups -OCH3 is 1. The van der Waals surface area contributed by atoms with Gasteiger partial charge in [0, 0.05) is 5.39 Å². The molecular formula is C13H8BrClO2. The molecule has 1 heterocycles. The lowest BCUT2D eigenvalue weighted by atomic mass is 10.1. The van der Waals surface area contributed by atoms with Crippen molar-refractivity contribution in [1.29, 1.82) is 0 Å². The minimum atomic E-state index is 0.635. The Morgan fingerprint density at radius 2 is 2.06 bits per heavy atom. The molecule has 0 amide bonds. The van der Waals surface area contributed by atoms with Crippen LogP contribution in [-0.4, -0.2) is 7.11 Å². The number of benzene rings is 2. The summed E-state index contributed by atoms with van der Waals surface area (Å²) in [6.07, 6.45) is 0. The van der Waals surface area contributed by atoms with E-state index in [9.17, 15) is 0 Å². The molecule has 0 saturated carbocycles. The van der Waals surface area contributed by atoms with E-state index in [1.54, 1.807) is 7.11 Å². The Bertz CT molecular complexity index is 718. The fourth-order valence-electron chi connectivity index (χ4n) is 1.97. The standard InChI is InChI=1S/C13H8BrClO2/c1-16-9-3-2-4-10-11(9)7-5-6-8(15)12(14)13(7)17-10/h2-6H,1H3. The van der Waals surface area contributed by atoms with Crippen LogP contribution in [0.5, 0.6) is 5.75 Å². The molecule has 0 bridgehead atoms. The van der Waals surface area contributed by atoms with Gasteiger partial charge in [-0.1, -0.05) is 17.7 Å². The lowest BCUT2D eigenvalue weighted by molar-refractivity contribution is 0.420. The smallest absolute Gasteiger partial charge is 0.151 e. The maximum absolute atomic E-state index is 6.05. The van der Waals surface area contributed by atoms with Crippen LogP contribution in [0, 0.1) is 0 Å². The first-order chi connectivity index (χ1) is 8.22. The molecule has 0 atom stereocenters. The third kappa shape index (κ3) is 1.53. The monoisotopic (exact) mass is 310 g/mol. The number of hydrogen-bond donors (Lipinski definition) is 0. The highest BCUT2D eigenvalue weighted by Crippen LogP contribution is 2.40. The molecule has 3 rings (SSSR count). The highest BCUT2D eigenvalue weighted by atomic mass is 79.9. The number of rotatable bonds is 1. The van der Waals surface area contributed by atoms with Crippen LogP contribution in [0.3, 0.4) is 0 Å². The lowest BCUT2D eigenvalue weighted by Crippen LogP contribution is -1.82. The summed E-state index contributed by atoms with van der Waals surface area (Å²) in [6, 6.07) is 9.52. The Kier molecular flexibility index (Phi) is 2.53. The molecule has 0 aliphatic heterocycles. The van der Waals surface area contributed by atoms with Gasteiger partial charge < -0.3 is 9.15 Å². The number of halogens is 2. The van der Waals surface area contributed by atoms with Crippen LogP contribution in [0.1, 0.15) is 0 Å². The van der Waals surface area contributed by atoms with Crippen molar-refractivity contribution in [3.63, 3.8) is 0 Å². The average Bonchev–Trinajstić information content (AvgIpc) is 2.73. The predicted molar refractivity (Wildman–Crippen MR) is 73.0 cm³/mol. The Morgan fingerprint density at radius 3 is 2.82 bits per heavy atom. The number of fused-ring (bicyclic) bond motifs is 3. The van der Waals surface area contributed by atoms with Gasteiger partial charge in [-0.05, 0) is 40.2 Å². The summed E-state index contributed by atoms with van der Waals surface area (Å²) in [5.74, 6) is 0.801. The quantitative estimate of drug-likeness (QED) is 0.630. The lowest BCUT2D eigenvalue weighted by Gasteiger charge is -2.00. The summed E-state index contributed by atoms with van der Waals surface area (Å²) in [7, 11) is 1.65. The molecule has 17 heavy (non-hydrogen) atoms. The van der Waals surface area contributed by atoms with Crippen LogP contribution >= 0.6 is 27.5 Å². The van der Waals surface area contributed by atoms with Gasteiger partial charge in [0.15, 0.2) is 5.58 Å². The molecule has 1 aromatic heterocycles. The van der Waals surface area contributed by atoms with E-state index >= 15 is 0 Å². The molecule has 0 N–H and O–H groups in total. The van der Waals surface area contributed by atoms with Gasteiger partial charge in [0.25, 0.3) is 0 Å². The van der Waals surface area contributed by atoms with Crippen molar-refractivity contribution in [3.8, 4) is 5.75 Å². The molecule has 2 nitrogen and oxygen atoms in total. The fourth-order valence-corrected chi connectivity index (χ4v) is 2.55. The van der Waals surface area contributed by atoms with Crippen molar-refractivity contribution in [3.05, 3.63) is 39.8 Å². The second kappa shape index (κ2) is 3.93. The third-order valence-electron chi connectivity index (χ3n) is 2.74. The van der Waals surface area contributed by atoms with E-state index in [2.05, 4.69) is 15.9 Å². The minimum Gasteiger partial charge on any atom is -0.496 e. The highest BCUT2D eigenvalue weighted by molar-refractivity contribution is 9.10. The minimum absolute atomic E-state index is 0.635. The van der Waals surface area contributed by atoms with E-state index in [1.807, 2.05) is 30.3 Å². The molecule has 0 unspecified atom stereocenters.